The molecule has 4 heteroatoms. The van der Waals surface area contributed by atoms with E-state index in [0.717, 1.165) is 48.0 Å². The quantitative estimate of drug-likeness (QED) is 0.848. The summed E-state index contributed by atoms with van der Waals surface area (Å²) in [5, 5.41) is 11.7. The highest BCUT2D eigenvalue weighted by atomic mass is 16.4. The fourth-order valence-electron chi connectivity index (χ4n) is 4.10. The van der Waals surface area contributed by atoms with Crippen molar-refractivity contribution >= 4 is 11.0 Å². The molecule has 130 valence electrons. The highest BCUT2D eigenvalue weighted by Gasteiger charge is 2.27. The van der Waals surface area contributed by atoms with E-state index < -0.39 is 0 Å². The van der Waals surface area contributed by atoms with Crippen LogP contribution < -0.4 is 10.5 Å². The highest BCUT2D eigenvalue weighted by molar-refractivity contribution is 5.86. The predicted octanol–water partition coefficient (Wildman–Crippen LogP) is 2.72. The van der Waals surface area contributed by atoms with E-state index in [4.69, 9.17) is 4.42 Å². The van der Waals surface area contributed by atoms with Crippen molar-refractivity contribution in [2.24, 2.45) is 0 Å². The third-order valence-corrected chi connectivity index (χ3v) is 5.54. The van der Waals surface area contributed by atoms with Gasteiger partial charge in [0.25, 0.3) is 0 Å². The Bertz CT molecular complexity index is 794. The largest absolute Gasteiger partial charge is 0.507 e. The Balaban J connectivity index is 2.14. The molecular formula is C20H28NO3+. The molecule has 0 spiro atoms. The molecule has 1 fully saturated rings. The van der Waals surface area contributed by atoms with Gasteiger partial charge >= 0.3 is 5.63 Å². The number of rotatable bonds is 4. The first kappa shape index (κ1) is 17.0. The number of fused-ring (bicyclic) bond motifs is 1. The van der Waals surface area contributed by atoms with Gasteiger partial charge in [-0.2, -0.15) is 0 Å². The maximum atomic E-state index is 11.9. The molecule has 1 aliphatic heterocycles. The maximum absolute atomic E-state index is 11.9. The van der Waals surface area contributed by atoms with Crippen LogP contribution in [0.3, 0.4) is 0 Å². The van der Waals surface area contributed by atoms with Gasteiger partial charge in [0, 0.05) is 11.5 Å². The molecule has 4 nitrogen and oxygen atoms in total. The number of nitrogens with one attached hydrogen (secondary N) is 1. The first-order valence-corrected chi connectivity index (χ1v) is 9.17. The van der Waals surface area contributed by atoms with Crippen LogP contribution in [0.25, 0.3) is 11.0 Å². The average molecular weight is 330 g/mol. The molecular weight excluding hydrogens is 302 g/mol. The van der Waals surface area contributed by atoms with Crippen molar-refractivity contribution in [2.75, 3.05) is 6.54 Å². The fourth-order valence-corrected chi connectivity index (χ4v) is 4.10. The number of piperidine rings is 1. The summed E-state index contributed by atoms with van der Waals surface area (Å²) in [6.07, 6.45) is 5.66. The van der Waals surface area contributed by atoms with Gasteiger partial charge in [0.2, 0.25) is 0 Å². The molecule has 3 rings (SSSR count). The van der Waals surface area contributed by atoms with Crippen LogP contribution in [0.1, 0.15) is 56.2 Å². The Labute approximate surface area is 143 Å². The van der Waals surface area contributed by atoms with Crippen molar-refractivity contribution in [3.8, 4) is 5.75 Å². The lowest BCUT2D eigenvalue weighted by Crippen LogP contribution is -3.15. The summed E-state index contributed by atoms with van der Waals surface area (Å²) in [7, 11) is 0. The minimum Gasteiger partial charge on any atom is -0.507 e. The van der Waals surface area contributed by atoms with E-state index in [2.05, 4.69) is 6.92 Å². The second-order valence-electron chi connectivity index (χ2n) is 7.03. The number of aromatic hydroxyl groups is 1. The second kappa shape index (κ2) is 6.98. The zero-order chi connectivity index (χ0) is 17.3. The van der Waals surface area contributed by atoms with Crippen LogP contribution in [0.2, 0.25) is 0 Å². The monoisotopic (exact) mass is 330 g/mol. The molecule has 0 amide bonds. The number of aryl methyl sites for hydroxylation is 2. The summed E-state index contributed by atoms with van der Waals surface area (Å²) in [4.78, 5) is 13.4. The Morgan fingerprint density at radius 1 is 1.29 bits per heavy atom. The lowest BCUT2D eigenvalue weighted by Gasteiger charge is -2.32. The molecule has 0 bridgehead atoms. The van der Waals surface area contributed by atoms with Crippen LogP contribution in [0.5, 0.6) is 5.75 Å². The molecule has 0 aliphatic carbocycles. The lowest BCUT2D eigenvalue weighted by atomic mass is 9.96. The third kappa shape index (κ3) is 3.07. The molecule has 1 saturated heterocycles. The van der Waals surface area contributed by atoms with Gasteiger partial charge in [0.05, 0.1) is 18.2 Å². The fraction of sp³-hybridized carbons (Fsp3) is 0.550. The van der Waals surface area contributed by atoms with Crippen molar-refractivity contribution in [3.63, 3.8) is 0 Å². The summed E-state index contributed by atoms with van der Waals surface area (Å²) < 4.78 is 5.54. The van der Waals surface area contributed by atoms with Crippen LogP contribution in [0.4, 0.5) is 0 Å². The van der Waals surface area contributed by atoms with Crippen molar-refractivity contribution in [2.45, 2.75) is 65.5 Å². The molecule has 1 aromatic carbocycles. The smallest absolute Gasteiger partial charge is 0.336 e. The van der Waals surface area contributed by atoms with E-state index in [1.54, 1.807) is 0 Å². The van der Waals surface area contributed by atoms with Crippen LogP contribution in [-0.2, 0) is 13.0 Å². The van der Waals surface area contributed by atoms with E-state index in [9.17, 15) is 9.90 Å². The number of phenolic OH excluding ortho intramolecular Hbond substituents is 1. The summed E-state index contributed by atoms with van der Waals surface area (Å²) in [5.41, 5.74) is 2.88. The molecule has 2 atom stereocenters. The minimum atomic E-state index is -0.342. The summed E-state index contributed by atoms with van der Waals surface area (Å²) in [6.45, 7) is 8.05. The van der Waals surface area contributed by atoms with E-state index in [1.807, 2.05) is 19.9 Å². The van der Waals surface area contributed by atoms with Crippen LogP contribution in [0, 0.1) is 6.92 Å². The Kier molecular flexibility index (Phi) is 4.95. The van der Waals surface area contributed by atoms with Crippen LogP contribution in [0.15, 0.2) is 21.3 Å². The number of benzene rings is 1. The summed E-state index contributed by atoms with van der Waals surface area (Å²) >= 11 is 0. The third-order valence-electron chi connectivity index (χ3n) is 5.54. The highest BCUT2D eigenvalue weighted by Crippen LogP contribution is 2.32. The van der Waals surface area contributed by atoms with E-state index in [-0.39, 0.29) is 5.63 Å². The molecule has 1 unspecified atom stereocenters. The SMILES string of the molecule is CCc1cc2c(C)cc(=O)oc2c(C[NH+]2CCCC[C@H]2CC)c1O. The molecule has 24 heavy (non-hydrogen) atoms. The molecule has 1 aromatic heterocycles. The van der Waals surface area contributed by atoms with E-state index >= 15 is 0 Å². The van der Waals surface area contributed by atoms with Crippen molar-refractivity contribution in [3.05, 3.63) is 39.2 Å². The van der Waals surface area contributed by atoms with Crippen LogP contribution in [-0.4, -0.2) is 17.7 Å². The Hall–Kier alpha value is -1.81. The zero-order valence-electron chi connectivity index (χ0n) is 14.9. The van der Waals surface area contributed by atoms with Gasteiger partial charge in [-0.3, -0.25) is 0 Å². The van der Waals surface area contributed by atoms with Crippen molar-refractivity contribution < 1.29 is 14.4 Å². The van der Waals surface area contributed by atoms with Crippen LogP contribution >= 0.6 is 0 Å². The number of likely N-dealkylation sites (tertiary alicyclic amines) is 1. The lowest BCUT2D eigenvalue weighted by molar-refractivity contribution is -0.944. The number of quaternary nitrogens is 1. The van der Waals surface area contributed by atoms with E-state index in [0.29, 0.717) is 17.4 Å². The van der Waals surface area contributed by atoms with Gasteiger partial charge in [0.15, 0.2) is 5.58 Å². The number of hydrogen-bond acceptors (Lipinski definition) is 3. The number of hydrogen-bond donors (Lipinski definition) is 2. The Morgan fingerprint density at radius 3 is 2.79 bits per heavy atom. The summed E-state index contributed by atoms with van der Waals surface area (Å²) in [6, 6.07) is 4.12. The predicted molar refractivity (Wildman–Crippen MR) is 95.7 cm³/mol. The molecule has 1 aliphatic rings. The standard InChI is InChI=1S/C20H27NO3/c1-4-14-11-16-13(3)10-18(22)24-20(16)17(19(14)23)12-21-9-7-6-8-15(21)5-2/h10-11,15,23H,4-9,12H2,1-3H3/p+1/t15-/m1/s1. The summed E-state index contributed by atoms with van der Waals surface area (Å²) in [5.74, 6) is 0.312. The minimum absolute atomic E-state index is 0.312. The number of phenols is 1. The van der Waals surface area contributed by atoms with Gasteiger partial charge < -0.3 is 14.4 Å². The molecule has 2 aromatic rings. The molecule has 0 radical (unpaired) electrons. The topological polar surface area (TPSA) is 54.9 Å². The van der Waals surface area contributed by atoms with Crippen molar-refractivity contribution in [1.29, 1.82) is 0 Å². The zero-order valence-corrected chi connectivity index (χ0v) is 14.9. The van der Waals surface area contributed by atoms with Gasteiger partial charge in [-0.05, 0) is 56.2 Å². The Morgan fingerprint density at radius 2 is 2.08 bits per heavy atom. The molecule has 2 N–H and O–H groups in total. The van der Waals surface area contributed by atoms with Gasteiger partial charge in [-0.15, -0.1) is 0 Å². The average Bonchev–Trinajstić information content (AvgIpc) is 2.57. The van der Waals surface area contributed by atoms with Crippen molar-refractivity contribution in [1.82, 2.24) is 0 Å². The molecule has 0 saturated carbocycles. The maximum Gasteiger partial charge on any atom is 0.336 e. The van der Waals surface area contributed by atoms with Gasteiger partial charge in [-0.25, -0.2) is 4.79 Å². The normalized spacial score (nSPS) is 21.3. The second-order valence-corrected chi connectivity index (χ2v) is 7.03. The van der Waals surface area contributed by atoms with Gasteiger partial charge in [-0.1, -0.05) is 13.8 Å². The first-order chi connectivity index (χ1) is 11.5. The van der Waals surface area contributed by atoms with E-state index in [1.165, 1.54) is 30.2 Å². The van der Waals surface area contributed by atoms with Gasteiger partial charge in [0.1, 0.15) is 12.3 Å². The first-order valence-electron chi connectivity index (χ1n) is 9.17. The molecule has 2 heterocycles.